The first-order chi connectivity index (χ1) is 8.61. The molecule has 0 N–H and O–H groups in total. The zero-order valence-electron chi connectivity index (χ0n) is 9.58. The lowest BCUT2D eigenvalue weighted by Crippen LogP contribution is -1.92. The van der Waals surface area contributed by atoms with Gasteiger partial charge in [0.05, 0.1) is 10.0 Å². The summed E-state index contributed by atoms with van der Waals surface area (Å²) in [6.45, 7) is 1.92. The van der Waals surface area contributed by atoms with Crippen molar-refractivity contribution < 1.29 is 4.74 Å². The van der Waals surface area contributed by atoms with E-state index < -0.39 is 0 Å². The van der Waals surface area contributed by atoms with Gasteiger partial charge in [-0.3, -0.25) is 0 Å². The van der Waals surface area contributed by atoms with E-state index in [1.165, 1.54) is 0 Å². The van der Waals surface area contributed by atoms with Gasteiger partial charge >= 0.3 is 0 Å². The second kappa shape index (κ2) is 5.55. The Morgan fingerprint density at radius 3 is 2.61 bits per heavy atom. The van der Waals surface area contributed by atoms with Crippen LogP contribution in [0.5, 0.6) is 11.5 Å². The van der Waals surface area contributed by atoms with Crippen LogP contribution in [0.2, 0.25) is 0 Å². The van der Waals surface area contributed by atoms with Gasteiger partial charge in [0.1, 0.15) is 17.6 Å². The number of hydrogen-bond acceptors (Lipinski definition) is 2. The van der Waals surface area contributed by atoms with Crippen molar-refractivity contribution in [1.29, 1.82) is 5.26 Å². The fraction of sp³-hybridized carbons (Fsp3) is 0.0714. The second-order valence-corrected chi connectivity index (χ2v) is 5.51. The Kier molecular flexibility index (Phi) is 4.05. The highest BCUT2D eigenvalue weighted by atomic mass is 79.9. The molecule has 2 aromatic rings. The normalized spacial score (nSPS) is 9.89. The highest BCUT2D eigenvalue weighted by Crippen LogP contribution is 2.34. The molecule has 0 atom stereocenters. The standard InChI is InChI=1S/C14H9Br2NO/c1-9-3-2-4-10(8-17)14(9)18-13-6-5-11(15)7-12(13)16/h2-7H,1H3. The number of para-hydroxylation sites is 1. The van der Waals surface area contributed by atoms with Gasteiger partial charge in [0.2, 0.25) is 0 Å². The quantitative estimate of drug-likeness (QED) is 0.733. The van der Waals surface area contributed by atoms with Crippen LogP contribution in [0.1, 0.15) is 11.1 Å². The van der Waals surface area contributed by atoms with E-state index in [0.29, 0.717) is 17.1 Å². The molecular weight excluding hydrogens is 358 g/mol. The molecule has 90 valence electrons. The van der Waals surface area contributed by atoms with Crippen molar-refractivity contribution in [2.24, 2.45) is 0 Å². The molecule has 0 radical (unpaired) electrons. The third-order valence-electron chi connectivity index (χ3n) is 2.44. The largest absolute Gasteiger partial charge is 0.455 e. The number of rotatable bonds is 2. The molecule has 2 aromatic carbocycles. The minimum Gasteiger partial charge on any atom is -0.455 e. The number of nitriles is 1. The molecule has 0 aromatic heterocycles. The molecule has 0 heterocycles. The maximum atomic E-state index is 9.09. The van der Waals surface area contributed by atoms with Gasteiger partial charge in [-0.25, -0.2) is 0 Å². The Morgan fingerprint density at radius 2 is 1.94 bits per heavy atom. The van der Waals surface area contributed by atoms with Gasteiger partial charge in [0.15, 0.2) is 0 Å². The SMILES string of the molecule is Cc1cccc(C#N)c1Oc1ccc(Br)cc1Br. The Labute approximate surface area is 122 Å². The van der Waals surface area contributed by atoms with Crippen LogP contribution in [-0.4, -0.2) is 0 Å². The van der Waals surface area contributed by atoms with E-state index in [1.807, 2.05) is 37.3 Å². The van der Waals surface area contributed by atoms with E-state index in [1.54, 1.807) is 6.07 Å². The molecule has 2 rings (SSSR count). The average molecular weight is 367 g/mol. The van der Waals surface area contributed by atoms with E-state index in [-0.39, 0.29) is 0 Å². The van der Waals surface area contributed by atoms with E-state index in [9.17, 15) is 0 Å². The molecule has 4 heteroatoms. The van der Waals surface area contributed by atoms with Crippen LogP contribution in [-0.2, 0) is 0 Å². The van der Waals surface area contributed by atoms with Crippen molar-refractivity contribution in [3.05, 3.63) is 56.5 Å². The number of ether oxygens (including phenoxy) is 1. The molecular formula is C14H9Br2NO. The first kappa shape index (κ1) is 13.1. The van der Waals surface area contributed by atoms with Crippen LogP contribution in [0, 0.1) is 18.3 Å². The van der Waals surface area contributed by atoms with Crippen molar-refractivity contribution >= 4 is 31.9 Å². The van der Waals surface area contributed by atoms with Gasteiger partial charge in [-0.2, -0.15) is 5.26 Å². The molecule has 0 unspecified atom stereocenters. The molecule has 0 aliphatic heterocycles. The molecule has 0 aliphatic rings. The van der Waals surface area contributed by atoms with E-state index in [2.05, 4.69) is 37.9 Å². The molecule has 18 heavy (non-hydrogen) atoms. The highest BCUT2D eigenvalue weighted by Gasteiger charge is 2.10. The molecule has 0 amide bonds. The molecule has 0 saturated heterocycles. The van der Waals surface area contributed by atoms with Gasteiger partial charge in [0.25, 0.3) is 0 Å². The van der Waals surface area contributed by atoms with Crippen LogP contribution >= 0.6 is 31.9 Å². The number of halogens is 2. The van der Waals surface area contributed by atoms with Crippen LogP contribution in [0.4, 0.5) is 0 Å². The van der Waals surface area contributed by atoms with Gasteiger partial charge < -0.3 is 4.74 Å². The third-order valence-corrected chi connectivity index (χ3v) is 3.55. The van der Waals surface area contributed by atoms with E-state index in [0.717, 1.165) is 14.5 Å². The zero-order valence-corrected chi connectivity index (χ0v) is 12.7. The second-order valence-electron chi connectivity index (χ2n) is 3.74. The third kappa shape index (κ3) is 2.74. The summed E-state index contributed by atoms with van der Waals surface area (Å²) < 4.78 is 7.63. The lowest BCUT2D eigenvalue weighted by atomic mass is 10.1. The Bertz CT molecular complexity index is 632. The summed E-state index contributed by atoms with van der Waals surface area (Å²) in [6, 6.07) is 13.3. The fourth-order valence-corrected chi connectivity index (χ4v) is 2.67. The van der Waals surface area contributed by atoms with Gasteiger partial charge in [0, 0.05) is 4.47 Å². The van der Waals surface area contributed by atoms with Gasteiger partial charge in [-0.15, -0.1) is 0 Å². The summed E-state index contributed by atoms with van der Waals surface area (Å²) in [6.07, 6.45) is 0. The number of hydrogen-bond donors (Lipinski definition) is 0. The maximum Gasteiger partial charge on any atom is 0.148 e. The van der Waals surface area contributed by atoms with Crippen LogP contribution < -0.4 is 4.74 Å². The lowest BCUT2D eigenvalue weighted by Gasteiger charge is -2.11. The van der Waals surface area contributed by atoms with Crippen LogP contribution in [0.3, 0.4) is 0 Å². The molecule has 0 aliphatic carbocycles. The van der Waals surface area contributed by atoms with Crippen LogP contribution in [0.15, 0.2) is 45.3 Å². The van der Waals surface area contributed by atoms with E-state index in [4.69, 9.17) is 10.00 Å². The molecule has 2 nitrogen and oxygen atoms in total. The topological polar surface area (TPSA) is 33.0 Å². The minimum atomic E-state index is 0.532. The molecule has 0 fully saturated rings. The number of aryl methyl sites for hydroxylation is 1. The van der Waals surface area contributed by atoms with Crippen molar-refractivity contribution in [3.8, 4) is 17.6 Å². The summed E-state index contributed by atoms with van der Waals surface area (Å²) in [4.78, 5) is 0. The van der Waals surface area contributed by atoms with Crippen molar-refractivity contribution in [3.63, 3.8) is 0 Å². The van der Waals surface area contributed by atoms with Crippen molar-refractivity contribution in [2.75, 3.05) is 0 Å². The van der Waals surface area contributed by atoms with Crippen LogP contribution in [0.25, 0.3) is 0 Å². The van der Waals surface area contributed by atoms with E-state index >= 15 is 0 Å². The smallest absolute Gasteiger partial charge is 0.148 e. The predicted molar refractivity (Wildman–Crippen MR) is 77.8 cm³/mol. The Morgan fingerprint density at radius 1 is 1.17 bits per heavy atom. The summed E-state index contributed by atoms with van der Waals surface area (Å²) >= 11 is 6.82. The van der Waals surface area contributed by atoms with Gasteiger partial charge in [-0.1, -0.05) is 28.1 Å². The number of nitrogens with zero attached hydrogens (tertiary/aromatic N) is 1. The molecule has 0 spiro atoms. The first-order valence-corrected chi connectivity index (χ1v) is 6.83. The summed E-state index contributed by atoms with van der Waals surface area (Å²) in [5, 5.41) is 9.09. The zero-order chi connectivity index (χ0) is 13.1. The monoisotopic (exact) mass is 365 g/mol. The molecule has 0 saturated carbocycles. The summed E-state index contributed by atoms with van der Waals surface area (Å²) in [5.41, 5.74) is 1.47. The fourth-order valence-electron chi connectivity index (χ4n) is 1.54. The first-order valence-electron chi connectivity index (χ1n) is 5.24. The predicted octanol–water partition coefficient (Wildman–Crippen LogP) is 5.18. The van der Waals surface area contributed by atoms with Crippen molar-refractivity contribution in [1.82, 2.24) is 0 Å². The number of benzene rings is 2. The highest BCUT2D eigenvalue weighted by molar-refractivity contribution is 9.11. The van der Waals surface area contributed by atoms with Crippen molar-refractivity contribution in [2.45, 2.75) is 6.92 Å². The Balaban J connectivity index is 2.43. The maximum absolute atomic E-state index is 9.09. The lowest BCUT2D eigenvalue weighted by molar-refractivity contribution is 0.474. The molecule has 0 bridgehead atoms. The summed E-state index contributed by atoms with van der Waals surface area (Å²) in [5.74, 6) is 1.28. The Hall–Kier alpha value is -1.31. The van der Waals surface area contributed by atoms with Gasteiger partial charge in [-0.05, 0) is 52.7 Å². The summed E-state index contributed by atoms with van der Waals surface area (Å²) in [7, 11) is 0. The minimum absolute atomic E-state index is 0.532. The average Bonchev–Trinajstić information content (AvgIpc) is 2.34.